The van der Waals surface area contributed by atoms with Crippen LogP contribution in [0.5, 0.6) is 5.75 Å². The first-order chi connectivity index (χ1) is 9.48. The molecule has 2 rings (SSSR count). The van der Waals surface area contributed by atoms with Gasteiger partial charge in [-0.1, -0.05) is 0 Å². The van der Waals surface area contributed by atoms with Gasteiger partial charge in [-0.3, -0.25) is 9.48 Å². The van der Waals surface area contributed by atoms with Crippen molar-refractivity contribution in [3.63, 3.8) is 0 Å². The van der Waals surface area contributed by atoms with E-state index in [2.05, 4.69) is 5.10 Å². The SMILES string of the molecule is COc1cnn(CCN(C)C)c1C(=O)C1(O)CCCC1. The summed E-state index contributed by atoms with van der Waals surface area (Å²) in [4.78, 5) is 14.7. The first-order valence-electron chi connectivity index (χ1n) is 6.99. The van der Waals surface area contributed by atoms with Crippen molar-refractivity contribution in [1.29, 1.82) is 0 Å². The third kappa shape index (κ3) is 2.86. The Labute approximate surface area is 119 Å². The Kier molecular flexibility index (Phi) is 4.45. The van der Waals surface area contributed by atoms with Crippen LogP contribution in [-0.4, -0.2) is 58.9 Å². The van der Waals surface area contributed by atoms with Gasteiger partial charge in [0.2, 0.25) is 5.78 Å². The van der Waals surface area contributed by atoms with Gasteiger partial charge in [0.25, 0.3) is 0 Å². The predicted octanol–water partition coefficient (Wildman–Crippen LogP) is 0.941. The van der Waals surface area contributed by atoms with E-state index in [1.54, 1.807) is 10.9 Å². The molecule has 0 saturated heterocycles. The molecule has 1 aromatic rings. The fourth-order valence-electron chi connectivity index (χ4n) is 2.62. The number of methoxy groups -OCH3 is 1. The zero-order valence-corrected chi connectivity index (χ0v) is 12.4. The highest BCUT2D eigenvalue weighted by Crippen LogP contribution is 2.34. The number of likely N-dealkylation sites (N-methyl/N-ethyl adjacent to an activating group) is 1. The molecule has 1 fully saturated rings. The molecular formula is C14H23N3O3. The molecule has 1 aliphatic rings. The normalized spacial score (nSPS) is 17.6. The van der Waals surface area contributed by atoms with E-state index in [4.69, 9.17) is 4.74 Å². The van der Waals surface area contributed by atoms with Gasteiger partial charge in [0.15, 0.2) is 5.75 Å². The maximum absolute atomic E-state index is 12.7. The van der Waals surface area contributed by atoms with Crippen LogP contribution in [0.3, 0.4) is 0 Å². The molecular weight excluding hydrogens is 258 g/mol. The first kappa shape index (κ1) is 15.0. The second-order valence-electron chi connectivity index (χ2n) is 5.66. The molecule has 1 heterocycles. The molecule has 112 valence electrons. The first-order valence-corrected chi connectivity index (χ1v) is 6.99. The van der Waals surface area contributed by atoms with E-state index in [1.807, 2.05) is 19.0 Å². The van der Waals surface area contributed by atoms with Crippen molar-refractivity contribution in [2.45, 2.75) is 37.8 Å². The molecule has 0 atom stereocenters. The van der Waals surface area contributed by atoms with Crippen LogP contribution in [0, 0.1) is 0 Å². The van der Waals surface area contributed by atoms with E-state index in [0.29, 0.717) is 30.8 Å². The summed E-state index contributed by atoms with van der Waals surface area (Å²) in [6.45, 7) is 1.36. The monoisotopic (exact) mass is 281 g/mol. The molecule has 0 spiro atoms. The van der Waals surface area contributed by atoms with Crippen molar-refractivity contribution in [1.82, 2.24) is 14.7 Å². The van der Waals surface area contributed by atoms with Crippen molar-refractivity contribution in [2.24, 2.45) is 0 Å². The second kappa shape index (κ2) is 5.93. The minimum Gasteiger partial charge on any atom is -0.493 e. The number of nitrogens with zero attached hydrogens (tertiary/aromatic N) is 3. The Morgan fingerprint density at radius 3 is 2.70 bits per heavy atom. The molecule has 1 aromatic heterocycles. The van der Waals surface area contributed by atoms with Gasteiger partial charge in [-0.05, 0) is 39.8 Å². The summed E-state index contributed by atoms with van der Waals surface area (Å²) in [7, 11) is 5.45. The molecule has 6 nitrogen and oxygen atoms in total. The van der Waals surface area contributed by atoms with E-state index < -0.39 is 5.60 Å². The Bertz CT molecular complexity index is 476. The molecule has 20 heavy (non-hydrogen) atoms. The highest BCUT2D eigenvalue weighted by molar-refractivity contribution is 6.03. The third-order valence-electron chi connectivity index (χ3n) is 3.85. The summed E-state index contributed by atoms with van der Waals surface area (Å²) in [6, 6.07) is 0. The van der Waals surface area contributed by atoms with Crippen LogP contribution in [0.15, 0.2) is 6.20 Å². The lowest BCUT2D eigenvalue weighted by molar-refractivity contribution is 0.0338. The molecule has 1 saturated carbocycles. The molecule has 6 heteroatoms. The molecule has 0 unspecified atom stereocenters. The fourth-order valence-corrected chi connectivity index (χ4v) is 2.62. The largest absolute Gasteiger partial charge is 0.493 e. The summed E-state index contributed by atoms with van der Waals surface area (Å²) in [5.41, 5.74) is -0.859. The maximum Gasteiger partial charge on any atom is 0.216 e. The van der Waals surface area contributed by atoms with E-state index >= 15 is 0 Å². The minimum absolute atomic E-state index is 0.261. The molecule has 0 amide bonds. The standard InChI is InChI=1S/C14H23N3O3/c1-16(2)8-9-17-12(11(20-3)10-15-17)13(18)14(19)6-4-5-7-14/h10,19H,4-9H2,1-3H3. The Morgan fingerprint density at radius 1 is 1.50 bits per heavy atom. The lowest BCUT2D eigenvalue weighted by Crippen LogP contribution is -2.37. The molecule has 0 radical (unpaired) electrons. The van der Waals surface area contributed by atoms with Gasteiger partial charge in [0.1, 0.15) is 11.3 Å². The molecule has 1 aliphatic carbocycles. The summed E-state index contributed by atoms with van der Waals surface area (Å²) >= 11 is 0. The molecule has 0 bridgehead atoms. The molecule has 0 aliphatic heterocycles. The number of aliphatic hydroxyl groups is 1. The van der Waals surface area contributed by atoms with Crippen molar-refractivity contribution in [3.05, 3.63) is 11.9 Å². The quantitative estimate of drug-likeness (QED) is 0.786. The lowest BCUT2D eigenvalue weighted by atomic mass is 9.94. The van der Waals surface area contributed by atoms with Gasteiger partial charge in [0.05, 0.1) is 19.9 Å². The number of ketones is 1. The van der Waals surface area contributed by atoms with Crippen LogP contribution >= 0.6 is 0 Å². The number of hydrogen-bond donors (Lipinski definition) is 1. The topological polar surface area (TPSA) is 67.6 Å². The summed E-state index contributed by atoms with van der Waals surface area (Å²) in [5, 5.41) is 14.7. The van der Waals surface area contributed by atoms with Crippen LogP contribution in [0.1, 0.15) is 36.2 Å². The van der Waals surface area contributed by atoms with Crippen LogP contribution in [0.4, 0.5) is 0 Å². The average molecular weight is 281 g/mol. The number of aromatic nitrogens is 2. The average Bonchev–Trinajstić information content (AvgIpc) is 3.02. The Balaban J connectivity index is 2.28. The van der Waals surface area contributed by atoms with Crippen molar-refractivity contribution in [3.8, 4) is 5.75 Å². The van der Waals surface area contributed by atoms with Gasteiger partial charge in [-0.25, -0.2) is 0 Å². The van der Waals surface area contributed by atoms with Gasteiger partial charge in [0, 0.05) is 6.54 Å². The molecule has 1 N–H and O–H groups in total. The van der Waals surface area contributed by atoms with E-state index in [-0.39, 0.29) is 5.78 Å². The van der Waals surface area contributed by atoms with E-state index in [9.17, 15) is 9.90 Å². The zero-order chi connectivity index (χ0) is 14.8. The fraction of sp³-hybridized carbons (Fsp3) is 0.714. The van der Waals surface area contributed by atoms with Crippen molar-refractivity contribution < 1.29 is 14.6 Å². The summed E-state index contributed by atoms with van der Waals surface area (Å²) in [5.74, 6) is 0.178. The summed E-state index contributed by atoms with van der Waals surface area (Å²) in [6.07, 6.45) is 4.36. The Morgan fingerprint density at radius 2 is 2.15 bits per heavy atom. The van der Waals surface area contributed by atoms with E-state index in [0.717, 1.165) is 19.4 Å². The smallest absolute Gasteiger partial charge is 0.216 e. The number of Topliss-reactive ketones (excluding diaryl/α,β-unsaturated/α-hetero) is 1. The Hall–Kier alpha value is -1.40. The number of carbonyl (C=O) groups is 1. The predicted molar refractivity (Wildman–Crippen MR) is 75.1 cm³/mol. The second-order valence-corrected chi connectivity index (χ2v) is 5.66. The number of ether oxygens (including phenoxy) is 1. The number of carbonyl (C=O) groups excluding carboxylic acids is 1. The third-order valence-corrected chi connectivity index (χ3v) is 3.85. The molecule has 0 aromatic carbocycles. The number of rotatable bonds is 6. The highest BCUT2D eigenvalue weighted by Gasteiger charge is 2.42. The van der Waals surface area contributed by atoms with Gasteiger partial charge < -0.3 is 14.7 Å². The van der Waals surface area contributed by atoms with Gasteiger partial charge in [-0.15, -0.1) is 0 Å². The van der Waals surface area contributed by atoms with Crippen LogP contribution in [-0.2, 0) is 6.54 Å². The zero-order valence-electron chi connectivity index (χ0n) is 12.4. The van der Waals surface area contributed by atoms with Crippen molar-refractivity contribution in [2.75, 3.05) is 27.7 Å². The van der Waals surface area contributed by atoms with Crippen LogP contribution in [0.25, 0.3) is 0 Å². The van der Waals surface area contributed by atoms with Crippen LogP contribution in [0.2, 0.25) is 0 Å². The highest BCUT2D eigenvalue weighted by atomic mass is 16.5. The lowest BCUT2D eigenvalue weighted by Gasteiger charge is -2.21. The van der Waals surface area contributed by atoms with Gasteiger partial charge in [-0.2, -0.15) is 5.10 Å². The van der Waals surface area contributed by atoms with Crippen LogP contribution < -0.4 is 4.74 Å². The van der Waals surface area contributed by atoms with E-state index in [1.165, 1.54) is 7.11 Å². The van der Waals surface area contributed by atoms with Gasteiger partial charge >= 0.3 is 0 Å². The maximum atomic E-state index is 12.7. The summed E-state index contributed by atoms with van der Waals surface area (Å²) < 4.78 is 6.87. The van der Waals surface area contributed by atoms with Crippen molar-refractivity contribution >= 4 is 5.78 Å². The number of hydrogen-bond acceptors (Lipinski definition) is 5. The minimum atomic E-state index is -1.25.